The Kier molecular flexibility index (Phi) is 4.31. The number of hydrogen-bond acceptors (Lipinski definition) is 3. The van der Waals surface area contributed by atoms with Crippen LogP contribution < -0.4 is 10.9 Å². The standard InChI is InChI=1S/C13H13BrFN3O/c1-2-3-10-11(14)12(19)18-13(17-10)16-9-6-4-8(15)5-7-9/h4-7H,2-3H2,1H3,(H2,16,17,18,19). The molecule has 0 atom stereocenters. The largest absolute Gasteiger partial charge is 0.326 e. The van der Waals surface area contributed by atoms with Crippen molar-refractivity contribution >= 4 is 27.6 Å². The molecular formula is C13H13BrFN3O. The Balaban J connectivity index is 2.30. The van der Waals surface area contributed by atoms with Crippen molar-refractivity contribution < 1.29 is 4.39 Å². The lowest BCUT2D eigenvalue weighted by atomic mass is 10.2. The van der Waals surface area contributed by atoms with Gasteiger partial charge in [-0.25, -0.2) is 9.37 Å². The summed E-state index contributed by atoms with van der Waals surface area (Å²) in [6.45, 7) is 2.02. The molecule has 0 radical (unpaired) electrons. The second-order valence-corrected chi connectivity index (χ2v) is 4.85. The highest BCUT2D eigenvalue weighted by molar-refractivity contribution is 9.10. The van der Waals surface area contributed by atoms with Crippen molar-refractivity contribution in [1.29, 1.82) is 0 Å². The zero-order chi connectivity index (χ0) is 13.8. The molecule has 0 aliphatic heterocycles. The van der Waals surface area contributed by atoms with Gasteiger partial charge in [-0.15, -0.1) is 0 Å². The van der Waals surface area contributed by atoms with Gasteiger partial charge in [0.25, 0.3) is 5.56 Å². The topological polar surface area (TPSA) is 57.8 Å². The van der Waals surface area contributed by atoms with E-state index in [0.717, 1.165) is 6.42 Å². The number of anilines is 2. The molecule has 100 valence electrons. The first kappa shape index (κ1) is 13.7. The van der Waals surface area contributed by atoms with Crippen LogP contribution in [0.1, 0.15) is 19.0 Å². The third-order valence-corrected chi connectivity index (χ3v) is 3.34. The number of hydrogen-bond donors (Lipinski definition) is 2. The Morgan fingerprint density at radius 3 is 2.68 bits per heavy atom. The molecule has 0 amide bonds. The average molecular weight is 326 g/mol. The van der Waals surface area contributed by atoms with Gasteiger partial charge in [0.1, 0.15) is 10.3 Å². The Morgan fingerprint density at radius 1 is 1.37 bits per heavy atom. The fourth-order valence-electron chi connectivity index (χ4n) is 1.64. The molecule has 0 aliphatic carbocycles. The first-order chi connectivity index (χ1) is 9.10. The normalized spacial score (nSPS) is 10.5. The minimum Gasteiger partial charge on any atom is -0.326 e. The molecule has 19 heavy (non-hydrogen) atoms. The summed E-state index contributed by atoms with van der Waals surface area (Å²) in [5.41, 5.74) is 1.13. The number of halogens is 2. The number of aryl methyl sites for hydroxylation is 1. The van der Waals surface area contributed by atoms with E-state index < -0.39 is 0 Å². The highest BCUT2D eigenvalue weighted by Gasteiger charge is 2.08. The highest BCUT2D eigenvalue weighted by atomic mass is 79.9. The lowest BCUT2D eigenvalue weighted by Gasteiger charge is -2.08. The Labute approximate surface area is 118 Å². The van der Waals surface area contributed by atoms with E-state index in [2.05, 4.69) is 31.2 Å². The summed E-state index contributed by atoms with van der Waals surface area (Å²) in [6, 6.07) is 5.84. The second-order valence-electron chi connectivity index (χ2n) is 4.06. The van der Waals surface area contributed by atoms with Crippen LogP contribution in [-0.2, 0) is 6.42 Å². The summed E-state index contributed by atoms with van der Waals surface area (Å²) in [5, 5.41) is 2.94. The van der Waals surface area contributed by atoms with Gasteiger partial charge in [0.15, 0.2) is 0 Å². The molecule has 2 N–H and O–H groups in total. The fraction of sp³-hybridized carbons (Fsp3) is 0.231. The molecule has 0 spiro atoms. The Morgan fingerprint density at radius 2 is 2.05 bits per heavy atom. The smallest absolute Gasteiger partial charge is 0.266 e. The van der Waals surface area contributed by atoms with Crippen LogP contribution in [0, 0.1) is 5.82 Å². The first-order valence-corrected chi connectivity index (χ1v) is 6.70. The van der Waals surface area contributed by atoms with Crippen LogP contribution in [0.3, 0.4) is 0 Å². The summed E-state index contributed by atoms with van der Waals surface area (Å²) in [7, 11) is 0. The molecule has 0 fully saturated rings. The van der Waals surface area contributed by atoms with Gasteiger partial charge in [0.2, 0.25) is 5.95 Å². The third-order valence-electron chi connectivity index (χ3n) is 2.53. The molecular weight excluding hydrogens is 313 g/mol. The van der Waals surface area contributed by atoms with Crippen LogP contribution in [0.5, 0.6) is 0 Å². The molecule has 4 nitrogen and oxygen atoms in total. The van der Waals surface area contributed by atoms with E-state index in [1.165, 1.54) is 12.1 Å². The molecule has 2 aromatic rings. The molecule has 6 heteroatoms. The van der Waals surface area contributed by atoms with E-state index in [0.29, 0.717) is 28.2 Å². The molecule has 2 rings (SSSR count). The van der Waals surface area contributed by atoms with Gasteiger partial charge in [0, 0.05) is 5.69 Å². The van der Waals surface area contributed by atoms with Crippen molar-refractivity contribution in [2.45, 2.75) is 19.8 Å². The van der Waals surface area contributed by atoms with E-state index >= 15 is 0 Å². The summed E-state index contributed by atoms with van der Waals surface area (Å²) >= 11 is 3.23. The van der Waals surface area contributed by atoms with Gasteiger partial charge in [0.05, 0.1) is 5.69 Å². The maximum Gasteiger partial charge on any atom is 0.266 e. The summed E-state index contributed by atoms with van der Waals surface area (Å²) < 4.78 is 13.3. The van der Waals surface area contributed by atoms with Crippen LogP contribution in [-0.4, -0.2) is 9.97 Å². The highest BCUT2D eigenvalue weighted by Crippen LogP contribution is 2.16. The number of aromatic nitrogens is 2. The van der Waals surface area contributed by atoms with Crippen molar-refractivity contribution in [3.8, 4) is 0 Å². The van der Waals surface area contributed by atoms with E-state index in [1.54, 1.807) is 12.1 Å². The van der Waals surface area contributed by atoms with Crippen LogP contribution >= 0.6 is 15.9 Å². The maximum absolute atomic E-state index is 12.8. The predicted octanol–water partition coefficient (Wildman–Crippen LogP) is 3.37. The summed E-state index contributed by atoms with van der Waals surface area (Å²) in [6.07, 6.45) is 1.60. The quantitative estimate of drug-likeness (QED) is 0.906. The Bertz CT molecular complexity index is 625. The zero-order valence-electron chi connectivity index (χ0n) is 10.3. The minimum atomic E-state index is -0.311. The predicted molar refractivity (Wildman–Crippen MR) is 76.2 cm³/mol. The van der Waals surface area contributed by atoms with E-state index in [1.807, 2.05) is 6.92 Å². The lowest BCUT2D eigenvalue weighted by Crippen LogP contribution is -2.14. The molecule has 1 aromatic heterocycles. The third kappa shape index (κ3) is 3.41. The Hall–Kier alpha value is -1.69. The van der Waals surface area contributed by atoms with Gasteiger partial charge in [-0.2, -0.15) is 0 Å². The van der Waals surface area contributed by atoms with Crippen LogP contribution in [0.15, 0.2) is 33.5 Å². The molecule has 0 saturated heterocycles. The fourth-order valence-corrected chi connectivity index (χ4v) is 2.02. The van der Waals surface area contributed by atoms with Crippen molar-refractivity contribution in [3.63, 3.8) is 0 Å². The molecule has 0 saturated carbocycles. The zero-order valence-corrected chi connectivity index (χ0v) is 11.9. The lowest BCUT2D eigenvalue weighted by molar-refractivity contribution is 0.628. The van der Waals surface area contributed by atoms with Gasteiger partial charge in [-0.3, -0.25) is 9.78 Å². The van der Waals surface area contributed by atoms with Gasteiger partial charge in [-0.1, -0.05) is 13.3 Å². The van der Waals surface area contributed by atoms with Crippen LogP contribution in [0.2, 0.25) is 0 Å². The van der Waals surface area contributed by atoms with Gasteiger partial charge in [-0.05, 0) is 46.6 Å². The number of H-pyrrole nitrogens is 1. The van der Waals surface area contributed by atoms with Gasteiger partial charge >= 0.3 is 0 Å². The van der Waals surface area contributed by atoms with Gasteiger partial charge < -0.3 is 5.32 Å². The van der Waals surface area contributed by atoms with Crippen molar-refractivity contribution in [1.82, 2.24) is 9.97 Å². The number of benzene rings is 1. The van der Waals surface area contributed by atoms with Crippen molar-refractivity contribution in [2.75, 3.05) is 5.32 Å². The maximum atomic E-state index is 12.8. The van der Waals surface area contributed by atoms with E-state index in [4.69, 9.17) is 0 Å². The number of nitrogens with zero attached hydrogens (tertiary/aromatic N) is 1. The van der Waals surface area contributed by atoms with E-state index in [9.17, 15) is 9.18 Å². The molecule has 1 heterocycles. The second kappa shape index (κ2) is 5.97. The SMILES string of the molecule is CCCc1nc(Nc2ccc(F)cc2)[nH]c(=O)c1Br. The number of aromatic amines is 1. The molecule has 0 unspecified atom stereocenters. The molecule has 0 aliphatic rings. The number of rotatable bonds is 4. The van der Waals surface area contributed by atoms with Crippen molar-refractivity contribution in [3.05, 3.63) is 50.6 Å². The first-order valence-electron chi connectivity index (χ1n) is 5.91. The van der Waals surface area contributed by atoms with Crippen LogP contribution in [0.25, 0.3) is 0 Å². The average Bonchev–Trinajstić information content (AvgIpc) is 2.38. The molecule has 1 aromatic carbocycles. The minimum absolute atomic E-state index is 0.233. The van der Waals surface area contributed by atoms with Crippen molar-refractivity contribution in [2.24, 2.45) is 0 Å². The van der Waals surface area contributed by atoms with E-state index in [-0.39, 0.29) is 11.4 Å². The summed E-state index contributed by atoms with van der Waals surface area (Å²) in [4.78, 5) is 18.7. The monoisotopic (exact) mass is 325 g/mol. The summed E-state index contributed by atoms with van der Waals surface area (Å²) in [5.74, 6) is 0.0396. The molecule has 0 bridgehead atoms. The number of nitrogens with one attached hydrogen (secondary N) is 2. The van der Waals surface area contributed by atoms with Crippen LogP contribution in [0.4, 0.5) is 16.0 Å².